The third-order valence-electron chi connectivity index (χ3n) is 2.52. The van der Waals surface area contributed by atoms with E-state index in [1.54, 1.807) is 19.2 Å². The molecule has 0 aliphatic heterocycles. The second-order valence-corrected chi connectivity index (χ2v) is 9.04. The Labute approximate surface area is 145 Å². The molecule has 2 N–H and O–H groups in total. The molecule has 1 aromatic carbocycles. The van der Waals surface area contributed by atoms with Crippen LogP contribution in [0.3, 0.4) is 0 Å². The summed E-state index contributed by atoms with van der Waals surface area (Å²) < 4.78 is 27.9. The largest absolute Gasteiger partial charge is 0.315 e. The molecule has 2 rings (SSSR count). The average Bonchev–Trinajstić information content (AvgIpc) is 2.76. The summed E-state index contributed by atoms with van der Waals surface area (Å²) >= 11 is 16.3. The van der Waals surface area contributed by atoms with Gasteiger partial charge in [-0.1, -0.05) is 23.2 Å². The molecule has 0 fully saturated rings. The van der Waals surface area contributed by atoms with E-state index in [4.69, 9.17) is 23.2 Å². The highest BCUT2D eigenvalue weighted by atomic mass is 79.9. The van der Waals surface area contributed by atoms with Crippen molar-refractivity contribution in [3.8, 4) is 0 Å². The van der Waals surface area contributed by atoms with Crippen LogP contribution in [-0.2, 0) is 16.6 Å². The number of nitrogens with one attached hydrogen (secondary N) is 2. The molecule has 0 unspecified atom stereocenters. The van der Waals surface area contributed by atoms with Crippen molar-refractivity contribution in [3.63, 3.8) is 0 Å². The van der Waals surface area contributed by atoms with Gasteiger partial charge in [0.1, 0.15) is 4.90 Å². The van der Waals surface area contributed by atoms with Crippen molar-refractivity contribution in [3.05, 3.63) is 43.0 Å². The first-order chi connectivity index (χ1) is 9.83. The van der Waals surface area contributed by atoms with Crippen LogP contribution < -0.4 is 10.0 Å². The number of hydrogen-bond donors (Lipinski definition) is 2. The number of sulfonamides is 1. The molecule has 2 aromatic rings. The third-order valence-corrected chi connectivity index (χ3v) is 6.89. The van der Waals surface area contributed by atoms with Crippen molar-refractivity contribution in [2.45, 2.75) is 11.4 Å². The van der Waals surface area contributed by atoms with Crippen molar-refractivity contribution in [2.75, 3.05) is 11.8 Å². The van der Waals surface area contributed by atoms with Gasteiger partial charge in [0.25, 0.3) is 10.0 Å². The van der Waals surface area contributed by atoms with Crippen LogP contribution in [0.5, 0.6) is 0 Å². The molecule has 0 radical (unpaired) electrons. The maximum atomic E-state index is 12.4. The SMILES string of the molecule is CNCc1cc(S(=O)(=O)Nc2ccc(Cl)c(Cl)c2)c(Br)s1. The Balaban J connectivity index is 2.31. The predicted octanol–water partition coefficient (Wildman–Crippen LogP) is 4.34. The zero-order chi connectivity index (χ0) is 15.6. The molecule has 0 saturated heterocycles. The van der Waals surface area contributed by atoms with E-state index < -0.39 is 10.0 Å². The van der Waals surface area contributed by atoms with Gasteiger partial charge in [0.15, 0.2) is 0 Å². The van der Waals surface area contributed by atoms with Gasteiger partial charge in [0, 0.05) is 11.4 Å². The minimum atomic E-state index is -3.69. The van der Waals surface area contributed by atoms with E-state index in [2.05, 4.69) is 26.0 Å². The Morgan fingerprint density at radius 2 is 1.95 bits per heavy atom. The van der Waals surface area contributed by atoms with E-state index in [1.807, 2.05) is 0 Å². The number of benzene rings is 1. The maximum absolute atomic E-state index is 12.4. The summed E-state index contributed by atoms with van der Waals surface area (Å²) in [6.45, 7) is 0.603. The Morgan fingerprint density at radius 3 is 2.57 bits per heavy atom. The van der Waals surface area contributed by atoms with Gasteiger partial charge in [-0.15, -0.1) is 11.3 Å². The van der Waals surface area contributed by atoms with Crippen molar-refractivity contribution in [1.29, 1.82) is 0 Å². The molecule has 0 spiro atoms. The van der Waals surface area contributed by atoms with Crippen molar-refractivity contribution < 1.29 is 8.42 Å². The number of hydrogen-bond acceptors (Lipinski definition) is 4. The van der Waals surface area contributed by atoms with Crippen LogP contribution in [0.25, 0.3) is 0 Å². The lowest BCUT2D eigenvalue weighted by atomic mass is 10.3. The minimum absolute atomic E-state index is 0.198. The number of thiophene rings is 1. The molecule has 9 heteroatoms. The van der Waals surface area contributed by atoms with Crippen LogP contribution in [0.4, 0.5) is 5.69 Å². The quantitative estimate of drug-likeness (QED) is 0.743. The van der Waals surface area contributed by atoms with Gasteiger partial charge >= 0.3 is 0 Å². The summed E-state index contributed by atoms with van der Waals surface area (Å²) in [4.78, 5) is 1.11. The van der Waals surface area contributed by atoms with Crippen LogP contribution in [0.2, 0.25) is 10.0 Å². The lowest BCUT2D eigenvalue weighted by molar-refractivity contribution is 0.601. The summed E-state index contributed by atoms with van der Waals surface area (Å²) in [5.74, 6) is 0. The molecule has 1 aromatic heterocycles. The molecule has 0 bridgehead atoms. The van der Waals surface area contributed by atoms with E-state index in [-0.39, 0.29) is 9.92 Å². The maximum Gasteiger partial charge on any atom is 0.263 e. The fourth-order valence-electron chi connectivity index (χ4n) is 1.61. The Kier molecular flexibility index (Phi) is 5.56. The summed E-state index contributed by atoms with van der Waals surface area (Å²) in [7, 11) is -1.89. The number of halogens is 3. The zero-order valence-corrected chi connectivity index (χ0v) is 15.5. The van der Waals surface area contributed by atoms with Crippen LogP contribution in [0.1, 0.15) is 4.88 Å². The number of anilines is 1. The standard InChI is InChI=1S/C12H11BrCl2N2O2S2/c1-16-6-8-5-11(12(13)20-8)21(18,19)17-7-2-3-9(14)10(15)4-7/h2-5,16-17H,6H2,1H3. The molecule has 0 atom stereocenters. The minimum Gasteiger partial charge on any atom is -0.315 e. The van der Waals surface area contributed by atoms with Gasteiger partial charge in [-0.3, -0.25) is 4.72 Å². The van der Waals surface area contributed by atoms with Crippen LogP contribution in [0.15, 0.2) is 32.9 Å². The van der Waals surface area contributed by atoms with Crippen LogP contribution >= 0.6 is 50.5 Å². The fraction of sp³-hybridized carbons (Fsp3) is 0.167. The molecular formula is C12H11BrCl2N2O2S2. The van der Waals surface area contributed by atoms with E-state index in [0.717, 1.165) is 4.88 Å². The van der Waals surface area contributed by atoms with Crippen LogP contribution in [0, 0.1) is 0 Å². The molecule has 0 amide bonds. The van der Waals surface area contributed by atoms with Gasteiger partial charge in [0.2, 0.25) is 0 Å². The topological polar surface area (TPSA) is 58.2 Å². The first-order valence-corrected chi connectivity index (χ1v) is 9.59. The summed E-state index contributed by atoms with van der Waals surface area (Å²) in [6, 6.07) is 6.19. The monoisotopic (exact) mass is 428 g/mol. The first kappa shape index (κ1) is 17.1. The number of rotatable bonds is 5. The van der Waals surface area contributed by atoms with Gasteiger partial charge < -0.3 is 5.32 Å². The lowest BCUT2D eigenvalue weighted by Crippen LogP contribution is -2.12. The highest BCUT2D eigenvalue weighted by molar-refractivity contribution is 9.11. The predicted molar refractivity (Wildman–Crippen MR) is 92.1 cm³/mol. The second kappa shape index (κ2) is 6.85. The van der Waals surface area contributed by atoms with Crippen molar-refractivity contribution in [1.82, 2.24) is 5.32 Å². The lowest BCUT2D eigenvalue weighted by Gasteiger charge is -2.08. The van der Waals surface area contributed by atoms with Crippen molar-refractivity contribution in [2.24, 2.45) is 0 Å². The molecule has 4 nitrogen and oxygen atoms in total. The smallest absolute Gasteiger partial charge is 0.263 e. The summed E-state index contributed by atoms with van der Waals surface area (Å²) in [5, 5.41) is 3.64. The van der Waals surface area contributed by atoms with E-state index in [1.165, 1.54) is 23.5 Å². The third kappa shape index (κ3) is 4.12. The second-order valence-electron chi connectivity index (χ2n) is 4.12. The Morgan fingerprint density at radius 1 is 1.24 bits per heavy atom. The highest BCUT2D eigenvalue weighted by Gasteiger charge is 2.21. The Bertz CT molecular complexity index is 763. The van der Waals surface area contributed by atoms with E-state index in [0.29, 0.717) is 21.0 Å². The van der Waals surface area contributed by atoms with Crippen LogP contribution in [-0.4, -0.2) is 15.5 Å². The van der Waals surface area contributed by atoms with E-state index >= 15 is 0 Å². The molecule has 1 heterocycles. The molecule has 0 saturated carbocycles. The molecule has 21 heavy (non-hydrogen) atoms. The van der Waals surface area contributed by atoms with Gasteiger partial charge in [-0.2, -0.15) is 0 Å². The van der Waals surface area contributed by atoms with Gasteiger partial charge in [0.05, 0.1) is 19.5 Å². The fourth-order valence-corrected chi connectivity index (χ4v) is 5.66. The van der Waals surface area contributed by atoms with E-state index in [9.17, 15) is 8.42 Å². The van der Waals surface area contributed by atoms with Gasteiger partial charge in [-0.05, 0) is 47.2 Å². The first-order valence-electron chi connectivity index (χ1n) is 5.74. The molecule has 114 valence electrons. The van der Waals surface area contributed by atoms with Crippen molar-refractivity contribution >= 4 is 66.2 Å². The normalized spacial score (nSPS) is 11.6. The molecule has 0 aliphatic carbocycles. The summed E-state index contributed by atoms with van der Waals surface area (Å²) in [5.41, 5.74) is 0.359. The Hall–Kier alpha value is -0.310. The molecular weight excluding hydrogens is 419 g/mol. The summed E-state index contributed by atoms with van der Waals surface area (Å²) in [6.07, 6.45) is 0. The zero-order valence-electron chi connectivity index (χ0n) is 10.8. The highest BCUT2D eigenvalue weighted by Crippen LogP contribution is 2.33. The van der Waals surface area contributed by atoms with Gasteiger partial charge in [-0.25, -0.2) is 8.42 Å². The average molecular weight is 430 g/mol. The molecule has 0 aliphatic rings.